The Morgan fingerprint density at radius 3 is 2.48 bits per heavy atom. The van der Waals surface area contributed by atoms with Gasteiger partial charge in [0.05, 0.1) is 23.9 Å². The highest BCUT2D eigenvalue weighted by molar-refractivity contribution is 7.22. The maximum atomic E-state index is 13.1. The zero-order chi connectivity index (χ0) is 21.5. The molecule has 7 nitrogen and oxygen atoms in total. The van der Waals surface area contributed by atoms with Crippen LogP contribution in [0.1, 0.15) is 6.92 Å². The topological polar surface area (TPSA) is 64.1 Å². The molecule has 168 valence electrons. The van der Waals surface area contributed by atoms with Crippen LogP contribution in [0, 0.1) is 0 Å². The molecule has 1 aromatic heterocycles. The quantitative estimate of drug-likeness (QED) is 0.449. The summed E-state index contributed by atoms with van der Waals surface area (Å²) in [6.07, 6.45) is 0. The summed E-state index contributed by atoms with van der Waals surface area (Å²) in [6.45, 7) is 3.67. The molecular formula is C22H28ClN3O4S. The minimum absolute atomic E-state index is 0. The van der Waals surface area contributed by atoms with E-state index in [1.165, 1.54) is 11.3 Å². The molecule has 2 aromatic carbocycles. The lowest BCUT2D eigenvalue weighted by Gasteiger charge is -2.22. The van der Waals surface area contributed by atoms with Crippen molar-refractivity contribution >= 4 is 45.0 Å². The molecule has 1 heterocycles. The molecular weight excluding hydrogens is 438 g/mol. The van der Waals surface area contributed by atoms with Gasteiger partial charge in [0, 0.05) is 13.1 Å². The van der Waals surface area contributed by atoms with Crippen molar-refractivity contribution in [1.82, 2.24) is 9.88 Å². The Labute approximate surface area is 192 Å². The Morgan fingerprint density at radius 1 is 1.06 bits per heavy atom. The van der Waals surface area contributed by atoms with Crippen molar-refractivity contribution in [2.24, 2.45) is 0 Å². The summed E-state index contributed by atoms with van der Waals surface area (Å²) in [4.78, 5) is 21.4. The number of para-hydroxylation sites is 2. The second kappa shape index (κ2) is 11.7. The van der Waals surface area contributed by atoms with Crippen LogP contribution in [0.5, 0.6) is 17.2 Å². The van der Waals surface area contributed by atoms with Crippen molar-refractivity contribution in [2.75, 3.05) is 52.4 Å². The summed E-state index contributed by atoms with van der Waals surface area (Å²) >= 11 is 1.47. The molecule has 3 rings (SSSR count). The summed E-state index contributed by atoms with van der Waals surface area (Å²) < 4.78 is 17.6. The van der Waals surface area contributed by atoms with Gasteiger partial charge in [0.1, 0.15) is 5.75 Å². The fourth-order valence-electron chi connectivity index (χ4n) is 2.85. The minimum Gasteiger partial charge on any atom is -0.494 e. The van der Waals surface area contributed by atoms with E-state index >= 15 is 0 Å². The normalized spacial score (nSPS) is 10.6. The first-order chi connectivity index (χ1) is 14.5. The Balaban J connectivity index is 0.00000341. The van der Waals surface area contributed by atoms with Crippen LogP contribution >= 0.6 is 23.7 Å². The number of thiazole rings is 1. The molecule has 0 N–H and O–H groups in total. The van der Waals surface area contributed by atoms with Crippen molar-refractivity contribution in [2.45, 2.75) is 6.92 Å². The van der Waals surface area contributed by atoms with Gasteiger partial charge in [0.15, 0.2) is 23.2 Å². The number of aromatic nitrogens is 1. The summed E-state index contributed by atoms with van der Waals surface area (Å²) in [7, 11) is 5.52. The highest BCUT2D eigenvalue weighted by Crippen LogP contribution is 2.32. The molecule has 31 heavy (non-hydrogen) atoms. The Morgan fingerprint density at radius 2 is 1.81 bits per heavy atom. The molecule has 0 aliphatic carbocycles. The van der Waals surface area contributed by atoms with Crippen LogP contribution in [0.15, 0.2) is 42.5 Å². The number of likely N-dealkylation sites (N-methyl/N-ethyl adjacent to an activating group) is 1. The van der Waals surface area contributed by atoms with Gasteiger partial charge in [-0.3, -0.25) is 9.69 Å². The zero-order valence-electron chi connectivity index (χ0n) is 18.2. The van der Waals surface area contributed by atoms with Crippen LogP contribution in [-0.2, 0) is 4.79 Å². The molecule has 0 aliphatic heterocycles. The van der Waals surface area contributed by atoms with Gasteiger partial charge in [-0.2, -0.15) is 0 Å². The van der Waals surface area contributed by atoms with Crippen LogP contribution < -0.4 is 19.1 Å². The zero-order valence-corrected chi connectivity index (χ0v) is 19.8. The largest absolute Gasteiger partial charge is 0.494 e. The number of anilines is 1. The van der Waals surface area contributed by atoms with E-state index in [1.54, 1.807) is 24.1 Å². The number of hydrogen-bond acceptors (Lipinski definition) is 7. The lowest BCUT2D eigenvalue weighted by Crippen LogP contribution is -2.39. The maximum Gasteiger partial charge on any atom is 0.266 e. The van der Waals surface area contributed by atoms with Crippen molar-refractivity contribution in [3.63, 3.8) is 0 Å². The van der Waals surface area contributed by atoms with Crippen LogP contribution in [0.3, 0.4) is 0 Å². The predicted octanol–water partition coefficient (Wildman–Crippen LogP) is 4.10. The van der Waals surface area contributed by atoms with Crippen LogP contribution in [0.2, 0.25) is 0 Å². The number of hydrogen-bond donors (Lipinski definition) is 0. The van der Waals surface area contributed by atoms with E-state index in [0.717, 1.165) is 16.0 Å². The highest BCUT2D eigenvalue weighted by atomic mass is 35.5. The van der Waals surface area contributed by atoms with Gasteiger partial charge in [0.25, 0.3) is 5.91 Å². The number of benzene rings is 2. The molecule has 0 fully saturated rings. The summed E-state index contributed by atoms with van der Waals surface area (Å²) in [5.41, 5.74) is 0.840. The highest BCUT2D eigenvalue weighted by Gasteiger charge is 2.21. The Hall–Kier alpha value is -2.55. The lowest BCUT2D eigenvalue weighted by atomic mass is 10.3. The predicted molar refractivity (Wildman–Crippen MR) is 127 cm³/mol. The molecule has 0 spiro atoms. The Kier molecular flexibility index (Phi) is 9.36. The third-order valence-corrected chi connectivity index (χ3v) is 5.42. The molecule has 0 saturated heterocycles. The number of carbonyl (C=O) groups excluding carboxylic acids is 1. The van der Waals surface area contributed by atoms with E-state index < -0.39 is 0 Å². The number of amides is 1. The summed E-state index contributed by atoms with van der Waals surface area (Å²) in [5, 5.41) is 0.647. The van der Waals surface area contributed by atoms with Crippen LogP contribution in [0.4, 0.5) is 5.13 Å². The standard InChI is InChI=1S/C22H27N3O4S.ClH/c1-5-28-16-10-11-17-20(14-16)30-22(23-17)25(13-12-24(2)3)21(26)15-29-19-9-7-6-8-18(19)27-4;/h6-11,14H,5,12-13,15H2,1-4H3;1H. The number of nitrogens with zero attached hydrogens (tertiary/aromatic N) is 3. The van der Waals surface area contributed by atoms with Gasteiger partial charge in [0.2, 0.25) is 0 Å². The average Bonchev–Trinajstić information content (AvgIpc) is 3.15. The lowest BCUT2D eigenvalue weighted by molar-refractivity contribution is -0.120. The molecule has 0 atom stereocenters. The molecule has 0 unspecified atom stereocenters. The number of rotatable bonds is 10. The van der Waals surface area contributed by atoms with E-state index in [1.807, 2.05) is 56.3 Å². The first-order valence-electron chi connectivity index (χ1n) is 9.76. The smallest absolute Gasteiger partial charge is 0.266 e. The molecule has 0 bridgehead atoms. The first kappa shape index (κ1) is 24.7. The van der Waals surface area contributed by atoms with Gasteiger partial charge in [-0.15, -0.1) is 12.4 Å². The van der Waals surface area contributed by atoms with Gasteiger partial charge in [-0.25, -0.2) is 4.98 Å². The van der Waals surface area contributed by atoms with E-state index in [9.17, 15) is 4.79 Å². The Bertz CT molecular complexity index is 996. The number of methoxy groups -OCH3 is 1. The van der Waals surface area contributed by atoms with Crippen molar-refractivity contribution in [3.8, 4) is 17.2 Å². The third kappa shape index (κ3) is 6.46. The van der Waals surface area contributed by atoms with Gasteiger partial charge in [-0.1, -0.05) is 23.5 Å². The van der Waals surface area contributed by atoms with E-state index in [-0.39, 0.29) is 24.9 Å². The number of ether oxygens (including phenoxy) is 3. The molecule has 0 aliphatic rings. The van der Waals surface area contributed by atoms with Crippen LogP contribution in [0.25, 0.3) is 10.2 Å². The fourth-order valence-corrected chi connectivity index (χ4v) is 3.88. The molecule has 0 saturated carbocycles. The summed E-state index contributed by atoms with van der Waals surface area (Å²) in [6, 6.07) is 13.0. The van der Waals surface area contributed by atoms with Crippen molar-refractivity contribution in [1.29, 1.82) is 0 Å². The van der Waals surface area contributed by atoms with Gasteiger partial charge < -0.3 is 19.1 Å². The number of carbonyl (C=O) groups is 1. The molecule has 0 radical (unpaired) electrons. The second-order valence-electron chi connectivity index (χ2n) is 6.85. The molecule has 9 heteroatoms. The van der Waals surface area contributed by atoms with Gasteiger partial charge in [-0.05, 0) is 51.4 Å². The van der Waals surface area contributed by atoms with Crippen molar-refractivity contribution < 1.29 is 19.0 Å². The van der Waals surface area contributed by atoms with E-state index in [0.29, 0.717) is 36.3 Å². The molecule has 3 aromatic rings. The monoisotopic (exact) mass is 465 g/mol. The fraction of sp³-hybridized carbons (Fsp3) is 0.364. The van der Waals surface area contributed by atoms with E-state index in [2.05, 4.69) is 4.98 Å². The minimum atomic E-state index is -0.160. The van der Waals surface area contributed by atoms with Gasteiger partial charge >= 0.3 is 0 Å². The number of fused-ring (bicyclic) bond motifs is 1. The average molecular weight is 466 g/mol. The van der Waals surface area contributed by atoms with E-state index in [4.69, 9.17) is 14.2 Å². The molecule has 1 amide bonds. The van der Waals surface area contributed by atoms with Crippen LogP contribution in [-0.4, -0.2) is 63.3 Å². The SMILES string of the molecule is CCOc1ccc2nc(N(CCN(C)C)C(=O)COc3ccccc3OC)sc2c1.Cl. The third-order valence-electron chi connectivity index (χ3n) is 4.38. The maximum absolute atomic E-state index is 13.1. The first-order valence-corrected chi connectivity index (χ1v) is 10.6. The summed E-state index contributed by atoms with van der Waals surface area (Å²) in [5.74, 6) is 1.76. The second-order valence-corrected chi connectivity index (χ2v) is 7.86. The van der Waals surface area contributed by atoms with Crippen molar-refractivity contribution in [3.05, 3.63) is 42.5 Å². The number of halogens is 1.